The van der Waals surface area contributed by atoms with Crippen molar-refractivity contribution in [2.75, 3.05) is 19.7 Å². The van der Waals surface area contributed by atoms with Crippen LogP contribution in [0.5, 0.6) is 0 Å². The first-order valence-corrected chi connectivity index (χ1v) is 8.60. The number of amides is 1. The van der Waals surface area contributed by atoms with Gasteiger partial charge in [-0.15, -0.1) is 0 Å². The van der Waals surface area contributed by atoms with E-state index in [4.69, 9.17) is 9.15 Å². The third-order valence-electron chi connectivity index (χ3n) is 4.40. The number of aromatic amines is 1. The number of H-pyrrole nitrogens is 1. The number of carbonyl (C=O) groups is 1. The third kappa shape index (κ3) is 4.46. The maximum absolute atomic E-state index is 12.6. The van der Waals surface area contributed by atoms with E-state index in [1.165, 1.54) is 0 Å². The van der Waals surface area contributed by atoms with Crippen molar-refractivity contribution in [1.29, 1.82) is 0 Å². The molecule has 0 aliphatic carbocycles. The molecule has 0 aromatic carbocycles. The normalized spacial score (nSPS) is 21.0. The number of nitrogens with zero attached hydrogens (tertiary/aromatic N) is 3. The van der Waals surface area contributed by atoms with E-state index in [2.05, 4.69) is 25.4 Å². The van der Waals surface area contributed by atoms with Crippen LogP contribution in [0, 0.1) is 6.92 Å². The summed E-state index contributed by atoms with van der Waals surface area (Å²) in [5.41, 5.74) is 0. The molecule has 1 saturated heterocycles. The quantitative estimate of drug-likeness (QED) is 0.815. The van der Waals surface area contributed by atoms with Gasteiger partial charge in [-0.2, -0.15) is 5.10 Å². The van der Waals surface area contributed by atoms with E-state index < -0.39 is 0 Å². The van der Waals surface area contributed by atoms with Crippen molar-refractivity contribution in [3.8, 4) is 0 Å². The molecule has 8 nitrogen and oxygen atoms in total. The Balaban J connectivity index is 1.54. The van der Waals surface area contributed by atoms with Crippen LogP contribution in [0.15, 0.2) is 22.8 Å². The highest BCUT2D eigenvalue weighted by atomic mass is 16.5. The fraction of sp³-hybridized carbons (Fsp3) is 0.588. The van der Waals surface area contributed by atoms with E-state index in [0.29, 0.717) is 31.9 Å². The number of rotatable bonds is 6. The molecule has 8 heteroatoms. The Morgan fingerprint density at radius 3 is 3.04 bits per heavy atom. The van der Waals surface area contributed by atoms with E-state index in [9.17, 15) is 4.79 Å². The van der Waals surface area contributed by atoms with Crippen molar-refractivity contribution >= 4 is 5.91 Å². The van der Waals surface area contributed by atoms with Gasteiger partial charge in [0, 0.05) is 25.6 Å². The molecule has 2 aromatic heterocycles. The first-order chi connectivity index (χ1) is 12.0. The summed E-state index contributed by atoms with van der Waals surface area (Å²) in [5.74, 6) is 2.27. The first kappa shape index (κ1) is 17.6. The molecular weight excluding hydrogens is 322 g/mol. The number of aromatic nitrogens is 3. The van der Waals surface area contributed by atoms with Crippen molar-refractivity contribution in [3.63, 3.8) is 0 Å². The highest BCUT2D eigenvalue weighted by Crippen LogP contribution is 2.20. The molecule has 136 valence electrons. The van der Waals surface area contributed by atoms with Gasteiger partial charge >= 0.3 is 0 Å². The van der Waals surface area contributed by atoms with Crippen molar-refractivity contribution in [2.24, 2.45) is 0 Å². The van der Waals surface area contributed by atoms with Gasteiger partial charge in [-0.1, -0.05) is 0 Å². The van der Waals surface area contributed by atoms with Crippen molar-refractivity contribution in [1.82, 2.24) is 25.4 Å². The third-order valence-corrected chi connectivity index (χ3v) is 4.40. The topological polar surface area (TPSA) is 96.3 Å². The maximum atomic E-state index is 12.6. The van der Waals surface area contributed by atoms with Crippen LogP contribution in [0.3, 0.4) is 0 Å². The molecule has 0 bridgehead atoms. The number of furan rings is 1. The second-order valence-corrected chi connectivity index (χ2v) is 6.50. The van der Waals surface area contributed by atoms with E-state index in [1.807, 2.05) is 32.9 Å². The smallest absolute Gasteiger partial charge is 0.237 e. The van der Waals surface area contributed by atoms with Gasteiger partial charge in [-0.05, 0) is 32.9 Å². The summed E-state index contributed by atoms with van der Waals surface area (Å²) in [5, 5.41) is 10.1. The number of morpholine rings is 1. The second-order valence-electron chi connectivity index (χ2n) is 6.50. The second kappa shape index (κ2) is 7.79. The van der Waals surface area contributed by atoms with Gasteiger partial charge in [-0.25, -0.2) is 4.98 Å². The number of carbonyl (C=O) groups excluding carboxylic acids is 1. The molecule has 2 aromatic rings. The SMILES string of the molecule is Cc1nc([C@@H]2CN([C@H](C)C(=O)N[C@@H](C)Cc3ccco3)CCO2)n[nH]1. The van der Waals surface area contributed by atoms with Crippen LogP contribution < -0.4 is 5.32 Å². The van der Waals surface area contributed by atoms with Gasteiger partial charge in [0.25, 0.3) is 0 Å². The molecule has 3 heterocycles. The molecule has 1 aliphatic rings. The molecule has 0 unspecified atom stereocenters. The summed E-state index contributed by atoms with van der Waals surface area (Å²) < 4.78 is 11.1. The van der Waals surface area contributed by atoms with Crippen molar-refractivity contribution < 1.29 is 13.9 Å². The van der Waals surface area contributed by atoms with E-state index in [1.54, 1.807) is 6.26 Å². The van der Waals surface area contributed by atoms with Gasteiger partial charge in [0.05, 0.1) is 18.9 Å². The minimum absolute atomic E-state index is 0.00544. The van der Waals surface area contributed by atoms with Gasteiger partial charge in [0.15, 0.2) is 5.82 Å². The van der Waals surface area contributed by atoms with Crippen LogP contribution in [-0.4, -0.2) is 57.8 Å². The summed E-state index contributed by atoms with van der Waals surface area (Å²) >= 11 is 0. The lowest BCUT2D eigenvalue weighted by Gasteiger charge is -2.35. The molecular formula is C17H25N5O3. The molecule has 0 radical (unpaired) electrons. The zero-order chi connectivity index (χ0) is 17.8. The minimum atomic E-state index is -0.245. The molecule has 0 saturated carbocycles. The van der Waals surface area contributed by atoms with Crippen LogP contribution in [0.2, 0.25) is 0 Å². The summed E-state index contributed by atoms with van der Waals surface area (Å²) in [6, 6.07) is 3.53. The predicted molar refractivity (Wildman–Crippen MR) is 90.9 cm³/mol. The lowest BCUT2D eigenvalue weighted by Crippen LogP contribution is -2.52. The minimum Gasteiger partial charge on any atom is -0.469 e. The van der Waals surface area contributed by atoms with Crippen LogP contribution >= 0.6 is 0 Å². The van der Waals surface area contributed by atoms with Gasteiger partial charge in [0.1, 0.15) is 17.7 Å². The number of hydrogen-bond donors (Lipinski definition) is 2. The lowest BCUT2D eigenvalue weighted by atomic mass is 10.1. The van der Waals surface area contributed by atoms with Crippen molar-refractivity contribution in [2.45, 2.75) is 45.4 Å². The Bertz CT molecular complexity index is 684. The largest absolute Gasteiger partial charge is 0.469 e. The van der Waals surface area contributed by atoms with Crippen LogP contribution in [0.1, 0.15) is 37.4 Å². The Morgan fingerprint density at radius 1 is 1.52 bits per heavy atom. The Hall–Kier alpha value is -2.19. The highest BCUT2D eigenvalue weighted by Gasteiger charge is 2.31. The zero-order valence-corrected chi connectivity index (χ0v) is 14.9. The Morgan fingerprint density at radius 2 is 2.36 bits per heavy atom. The van der Waals surface area contributed by atoms with Gasteiger partial charge in [-0.3, -0.25) is 14.8 Å². The molecule has 3 atom stereocenters. The summed E-state index contributed by atoms with van der Waals surface area (Å²) in [4.78, 5) is 19.0. The summed E-state index contributed by atoms with van der Waals surface area (Å²) in [6.45, 7) is 7.61. The fourth-order valence-electron chi connectivity index (χ4n) is 2.99. The molecule has 0 spiro atoms. The molecule has 3 rings (SSSR count). The first-order valence-electron chi connectivity index (χ1n) is 8.60. The lowest BCUT2D eigenvalue weighted by molar-refractivity contribution is -0.130. The van der Waals surface area contributed by atoms with E-state index in [0.717, 1.165) is 11.6 Å². The number of nitrogens with one attached hydrogen (secondary N) is 2. The zero-order valence-electron chi connectivity index (χ0n) is 14.9. The summed E-state index contributed by atoms with van der Waals surface area (Å²) in [7, 11) is 0. The number of ether oxygens (including phenoxy) is 1. The summed E-state index contributed by atoms with van der Waals surface area (Å²) in [6.07, 6.45) is 2.10. The highest BCUT2D eigenvalue weighted by molar-refractivity contribution is 5.81. The van der Waals surface area contributed by atoms with Crippen LogP contribution in [0.4, 0.5) is 0 Å². The van der Waals surface area contributed by atoms with Gasteiger partial charge < -0.3 is 14.5 Å². The predicted octanol–water partition coefficient (Wildman–Crippen LogP) is 1.22. The van der Waals surface area contributed by atoms with Crippen LogP contribution in [-0.2, 0) is 16.0 Å². The van der Waals surface area contributed by atoms with E-state index in [-0.39, 0.29) is 24.1 Å². The van der Waals surface area contributed by atoms with Crippen molar-refractivity contribution in [3.05, 3.63) is 35.8 Å². The average Bonchev–Trinajstić information content (AvgIpc) is 3.25. The number of hydrogen-bond acceptors (Lipinski definition) is 6. The fourth-order valence-corrected chi connectivity index (χ4v) is 2.99. The number of aryl methyl sites for hydroxylation is 1. The Kier molecular flexibility index (Phi) is 5.50. The average molecular weight is 347 g/mol. The standard InChI is InChI=1S/C17H25N5O3/c1-11(9-14-5-4-7-24-14)18-17(23)12(2)22-6-8-25-15(10-22)16-19-13(3)20-21-16/h4-5,7,11-12,15H,6,8-10H2,1-3H3,(H,18,23)(H,19,20,21)/t11-,12+,15-/m0/s1. The molecule has 1 aliphatic heterocycles. The molecule has 1 fully saturated rings. The molecule has 2 N–H and O–H groups in total. The van der Waals surface area contributed by atoms with Gasteiger partial charge in [0.2, 0.25) is 5.91 Å². The Labute approximate surface area is 146 Å². The molecule has 25 heavy (non-hydrogen) atoms. The maximum Gasteiger partial charge on any atom is 0.237 e. The van der Waals surface area contributed by atoms with Crippen LogP contribution in [0.25, 0.3) is 0 Å². The van der Waals surface area contributed by atoms with E-state index >= 15 is 0 Å². The monoisotopic (exact) mass is 347 g/mol. The molecule has 1 amide bonds.